The van der Waals surface area contributed by atoms with E-state index in [1.54, 1.807) is 20.8 Å². The predicted octanol–water partition coefficient (Wildman–Crippen LogP) is 0.682. The average Bonchev–Trinajstić information content (AvgIpc) is 2.72. The fourth-order valence-electron chi connectivity index (χ4n) is 3.23. The SMILES string of the molecule is CCC(CC)(CC)C(=O)OC(CC(=O)O)(CC(=O)OOC(CC(=O)O)(CC(=O)O)C(=O)O)C(=O)O. The first-order chi connectivity index (χ1) is 16.0. The second-order valence-electron chi connectivity index (χ2n) is 7.76. The Hall–Kier alpha value is -3.75. The summed E-state index contributed by atoms with van der Waals surface area (Å²) in [4.78, 5) is 90.6. The smallest absolute Gasteiger partial charge is 0.349 e. The van der Waals surface area contributed by atoms with Crippen LogP contribution in [-0.2, 0) is 48.1 Å². The van der Waals surface area contributed by atoms with Crippen molar-refractivity contribution in [1.29, 1.82) is 0 Å². The number of ether oxygens (including phenoxy) is 1. The van der Waals surface area contributed by atoms with Crippen molar-refractivity contribution in [2.24, 2.45) is 5.41 Å². The van der Waals surface area contributed by atoms with Crippen LogP contribution in [0.3, 0.4) is 0 Å². The van der Waals surface area contributed by atoms with Crippen molar-refractivity contribution in [3.05, 3.63) is 0 Å². The van der Waals surface area contributed by atoms with Gasteiger partial charge in [0.05, 0.1) is 24.7 Å². The van der Waals surface area contributed by atoms with Gasteiger partial charge >= 0.3 is 41.8 Å². The molecule has 0 saturated carbocycles. The zero-order valence-corrected chi connectivity index (χ0v) is 19.3. The molecule has 0 saturated heterocycles. The van der Waals surface area contributed by atoms with E-state index in [-0.39, 0.29) is 19.3 Å². The van der Waals surface area contributed by atoms with Gasteiger partial charge in [-0.05, 0) is 19.3 Å². The lowest BCUT2D eigenvalue weighted by Crippen LogP contribution is -2.50. The molecule has 0 fully saturated rings. The fourth-order valence-corrected chi connectivity index (χ4v) is 3.23. The normalized spacial score (nSPS) is 13.2. The number of carboxylic acids is 5. The average molecular weight is 508 g/mol. The van der Waals surface area contributed by atoms with Crippen molar-refractivity contribution in [3.8, 4) is 0 Å². The molecule has 0 aliphatic heterocycles. The second kappa shape index (κ2) is 12.6. The largest absolute Gasteiger partial charge is 0.481 e. The molecule has 0 aromatic carbocycles. The molecule has 1 unspecified atom stereocenters. The summed E-state index contributed by atoms with van der Waals surface area (Å²) < 4.78 is 5.05. The van der Waals surface area contributed by atoms with E-state index in [1.165, 1.54) is 0 Å². The van der Waals surface area contributed by atoms with E-state index >= 15 is 0 Å². The lowest BCUT2D eigenvalue weighted by molar-refractivity contribution is -0.330. The van der Waals surface area contributed by atoms with E-state index in [1.807, 2.05) is 0 Å². The highest BCUT2D eigenvalue weighted by molar-refractivity contribution is 5.92. The van der Waals surface area contributed by atoms with Gasteiger partial charge < -0.3 is 30.3 Å². The molecule has 0 aromatic heterocycles. The third-order valence-corrected chi connectivity index (χ3v) is 5.57. The third kappa shape index (κ3) is 8.20. The molecular weight excluding hydrogens is 480 g/mol. The van der Waals surface area contributed by atoms with E-state index in [2.05, 4.69) is 9.78 Å². The lowest BCUT2D eigenvalue weighted by Gasteiger charge is -2.34. The van der Waals surface area contributed by atoms with E-state index < -0.39 is 84.1 Å². The molecular formula is C20H28O15. The standard InChI is InChI=1S/C20H28O15/c1-4-18(5-2,6-3)17(32)33-19(15(28)29,7-11(21)22)10-14(27)34-35-20(16(30)31,8-12(23)24)9-13(25)26/h4-10H2,1-3H3,(H,21,22)(H,23,24)(H,25,26)(H,28,29)(H,30,31). The molecule has 0 rings (SSSR count). The lowest BCUT2D eigenvalue weighted by atomic mass is 9.79. The summed E-state index contributed by atoms with van der Waals surface area (Å²) in [5.74, 6) is -12.5. The van der Waals surface area contributed by atoms with Gasteiger partial charge in [0.2, 0.25) is 11.2 Å². The first kappa shape index (κ1) is 31.2. The summed E-state index contributed by atoms with van der Waals surface area (Å²) in [5, 5.41) is 45.9. The van der Waals surface area contributed by atoms with Gasteiger partial charge in [0.25, 0.3) is 0 Å². The van der Waals surface area contributed by atoms with Crippen LogP contribution in [0.4, 0.5) is 0 Å². The first-order valence-electron chi connectivity index (χ1n) is 10.3. The highest BCUT2D eigenvalue weighted by atomic mass is 17.2. The van der Waals surface area contributed by atoms with Gasteiger partial charge in [-0.2, -0.15) is 4.89 Å². The second-order valence-corrected chi connectivity index (χ2v) is 7.76. The topological polar surface area (TPSA) is 248 Å². The van der Waals surface area contributed by atoms with Crippen LogP contribution in [0.1, 0.15) is 65.7 Å². The number of carbonyl (C=O) groups excluding carboxylic acids is 2. The third-order valence-electron chi connectivity index (χ3n) is 5.57. The number of hydrogen-bond donors (Lipinski definition) is 5. The quantitative estimate of drug-likeness (QED) is 0.103. The van der Waals surface area contributed by atoms with Crippen LogP contribution in [0.15, 0.2) is 0 Å². The van der Waals surface area contributed by atoms with Crippen LogP contribution in [0.2, 0.25) is 0 Å². The van der Waals surface area contributed by atoms with E-state index in [9.17, 15) is 48.9 Å². The zero-order chi connectivity index (χ0) is 27.6. The van der Waals surface area contributed by atoms with Crippen LogP contribution < -0.4 is 0 Å². The molecule has 5 N–H and O–H groups in total. The van der Waals surface area contributed by atoms with Crippen LogP contribution in [0.25, 0.3) is 0 Å². The molecule has 15 nitrogen and oxygen atoms in total. The number of carboxylic acid groups (broad SMARTS) is 5. The molecule has 0 radical (unpaired) electrons. The number of esters is 1. The molecule has 198 valence electrons. The van der Waals surface area contributed by atoms with Gasteiger partial charge in [0.15, 0.2) is 0 Å². The van der Waals surface area contributed by atoms with Crippen molar-refractivity contribution in [3.63, 3.8) is 0 Å². The molecule has 0 spiro atoms. The van der Waals surface area contributed by atoms with Gasteiger partial charge in [0.1, 0.15) is 6.42 Å². The van der Waals surface area contributed by atoms with Gasteiger partial charge in [-0.25, -0.2) is 14.4 Å². The Labute approximate surface area is 198 Å². The molecule has 15 heteroatoms. The monoisotopic (exact) mass is 508 g/mol. The maximum atomic E-state index is 12.8. The Morgan fingerprint density at radius 2 is 0.971 bits per heavy atom. The highest BCUT2D eigenvalue weighted by Crippen LogP contribution is 2.35. The molecule has 0 aliphatic carbocycles. The summed E-state index contributed by atoms with van der Waals surface area (Å²) in [6.45, 7) is 4.85. The summed E-state index contributed by atoms with van der Waals surface area (Å²) in [6, 6.07) is 0. The van der Waals surface area contributed by atoms with E-state index in [0.29, 0.717) is 0 Å². The van der Waals surface area contributed by atoms with Crippen LogP contribution in [-0.4, -0.2) is 78.5 Å². The number of rotatable bonds is 17. The fraction of sp³-hybridized carbons (Fsp3) is 0.650. The Morgan fingerprint density at radius 1 is 0.600 bits per heavy atom. The highest BCUT2D eigenvalue weighted by Gasteiger charge is 2.52. The molecule has 1 atom stereocenters. The predicted molar refractivity (Wildman–Crippen MR) is 109 cm³/mol. The maximum absolute atomic E-state index is 12.8. The van der Waals surface area contributed by atoms with Crippen molar-refractivity contribution in [1.82, 2.24) is 0 Å². The minimum Gasteiger partial charge on any atom is -0.481 e. The van der Waals surface area contributed by atoms with Crippen molar-refractivity contribution in [2.45, 2.75) is 76.9 Å². The van der Waals surface area contributed by atoms with Crippen molar-refractivity contribution in [2.75, 3.05) is 0 Å². The first-order valence-corrected chi connectivity index (χ1v) is 10.3. The van der Waals surface area contributed by atoms with Crippen molar-refractivity contribution < 1.29 is 73.6 Å². The maximum Gasteiger partial charge on any atom is 0.349 e. The van der Waals surface area contributed by atoms with Crippen LogP contribution in [0.5, 0.6) is 0 Å². The molecule has 0 heterocycles. The molecule has 0 amide bonds. The summed E-state index contributed by atoms with van der Waals surface area (Å²) in [6.07, 6.45) is -5.24. The summed E-state index contributed by atoms with van der Waals surface area (Å²) in [7, 11) is 0. The van der Waals surface area contributed by atoms with Gasteiger partial charge in [-0.3, -0.25) is 24.1 Å². The molecule has 0 aromatic rings. The Bertz CT molecular complexity index is 832. The number of aliphatic carboxylic acids is 5. The minimum absolute atomic E-state index is 0.195. The van der Waals surface area contributed by atoms with E-state index in [4.69, 9.17) is 14.9 Å². The van der Waals surface area contributed by atoms with Gasteiger partial charge in [-0.15, -0.1) is 0 Å². The molecule has 0 aliphatic rings. The summed E-state index contributed by atoms with van der Waals surface area (Å²) in [5.41, 5.74) is -7.29. The number of hydrogen-bond acceptors (Lipinski definition) is 10. The van der Waals surface area contributed by atoms with Crippen LogP contribution >= 0.6 is 0 Å². The summed E-state index contributed by atoms with van der Waals surface area (Å²) >= 11 is 0. The zero-order valence-electron chi connectivity index (χ0n) is 19.3. The Morgan fingerprint density at radius 3 is 1.29 bits per heavy atom. The Balaban J connectivity index is 6.10. The minimum atomic E-state index is -3.09. The van der Waals surface area contributed by atoms with Crippen LogP contribution in [0, 0.1) is 5.41 Å². The van der Waals surface area contributed by atoms with Crippen molar-refractivity contribution >= 4 is 41.8 Å². The Kier molecular flexibility index (Phi) is 11.3. The van der Waals surface area contributed by atoms with Gasteiger partial charge in [0, 0.05) is 0 Å². The molecule has 35 heavy (non-hydrogen) atoms. The van der Waals surface area contributed by atoms with E-state index in [0.717, 1.165) is 0 Å². The number of carbonyl (C=O) groups is 7. The van der Waals surface area contributed by atoms with Gasteiger partial charge in [-0.1, -0.05) is 20.8 Å². The molecule has 0 bridgehead atoms.